The lowest BCUT2D eigenvalue weighted by molar-refractivity contribution is 0.249. The quantitative estimate of drug-likeness (QED) is 0.430. The van der Waals surface area contributed by atoms with Crippen molar-refractivity contribution < 1.29 is 4.39 Å². The predicted octanol–water partition coefficient (Wildman–Crippen LogP) is 7.16. The van der Waals surface area contributed by atoms with Gasteiger partial charge >= 0.3 is 0 Å². The van der Waals surface area contributed by atoms with Crippen LogP contribution in [0.1, 0.15) is 82.8 Å². The SMILES string of the molecule is CCCCCC1CCC(CCc2ccc(-c3ncc(CC)cn3)c(F)c2)CC1. The summed E-state index contributed by atoms with van der Waals surface area (Å²) in [5, 5.41) is 0. The number of unbranched alkanes of at least 4 members (excludes halogenated alkanes) is 2. The zero-order valence-corrected chi connectivity index (χ0v) is 17.6. The monoisotopic (exact) mass is 382 g/mol. The molecule has 0 aliphatic heterocycles. The van der Waals surface area contributed by atoms with Crippen LogP contribution in [0.2, 0.25) is 0 Å². The van der Waals surface area contributed by atoms with Crippen molar-refractivity contribution in [3.63, 3.8) is 0 Å². The molecule has 0 amide bonds. The molecule has 28 heavy (non-hydrogen) atoms. The standard InChI is InChI=1S/C25H35FN2/c1-3-5-6-7-20-8-10-21(11-9-20)12-13-22-14-15-23(24(26)16-22)25-27-17-19(4-2)18-28-25/h14-18,20-21H,3-13H2,1-2H3. The Bertz CT molecular complexity index is 718. The van der Waals surface area contributed by atoms with E-state index < -0.39 is 0 Å². The summed E-state index contributed by atoms with van der Waals surface area (Å²) in [6.07, 6.45) is 17.7. The highest BCUT2D eigenvalue weighted by molar-refractivity contribution is 5.56. The molecule has 0 atom stereocenters. The van der Waals surface area contributed by atoms with Crippen LogP contribution in [0.3, 0.4) is 0 Å². The van der Waals surface area contributed by atoms with Gasteiger partial charge in [-0.15, -0.1) is 0 Å². The Morgan fingerprint density at radius 1 is 0.893 bits per heavy atom. The Labute approximate surface area is 170 Å². The van der Waals surface area contributed by atoms with Crippen LogP contribution < -0.4 is 0 Å². The van der Waals surface area contributed by atoms with Gasteiger partial charge in [0.1, 0.15) is 5.82 Å². The van der Waals surface area contributed by atoms with E-state index in [1.807, 2.05) is 12.1 Å². The molecule has 0 N–H and O–H groups in total. The average Bonchev–Trinajstić information content (AvgIpc) is 2.73. The van der Waals surface area contributed by atoms with Crippen molar-refractivity contribution >= 4 is 0 Å². The highest BCUT2D eigenvalue weighted by atomic mass is 19.1. The Kier molecular flexibility index (Phi) is 8.00. The minimum absolute atomic E-state index is 0.207. The summed E-state index contributed by atoms with van der Waals surface area (Å²) >= 11 is 0. The van der Waals surface area contributed by atoms with Crippen LogP contribution >= 0.6 is 0 Å². The van der Waals surface area contributed by atoms with Crippen LogP contribution in [0.5, 0.6) is 0 Å². The third kappa shape index (κ3) is 5.86. The Morgan fingerprint density at radius 2 is 1.57 bits per heavy atom. The molecular weight excluding hydrogens is 347 g/mol. The molecule has 1 fully saturated rings. The van der Waals surface area contributed by atoms with E-state index >= 15 is 0 Å². The van der Waals surface area contributed by atoms with Crippen LogP contribution in [0.4, 0.5) is 4.39 Å². The van der Waals surface area contributed by atoms with Crippen molar-refractivity contribution in [1.29, 1.82) is 0 Å². The van der Waals surface area contributed by atoms with Crippen molar-refractivity contribution in [2.75, 3.05) is 0 Å². The minimum atomic E-state index is -0.207. The number of benzene rings is 1. The average molecular weight is 383 g/mol. The van der Waals surface area contributed by atoms with Gasteiger partial charge in [0.05, 0.1) is 5.56 Å². The molecule has 1 aromatic heterocycles. The second-order valence-corrected chi connectivity index (χ2v) is 8.50. The van der Waals surface area contributed by atoms with E-state index in [1.54, 1.807) is 18.5 Å². The molecule has 0 unspecified atom stereocenters. The molecule has 0 radical (unpaired) electrons. The van der Waals surface area contributed by atoms with Gasteiger partial charge in [0, 0.05) is 12.4 Å². The first-order valence-corrected chi connectivity index (χ1v) is 11.3. The molecule has 1 saturated carbocycles. The molecule has 152 valence electrons. The molecule has 0 bridgehead atoms. The number of nitrogens with zero attached hydrogens (tertiary/aromatic N) is 2. The predicted molar refractivity (Wildman–Crippen MR) is 115 cm³/mol. The number of aryl methyl sites for hydroxylation is 2. The molecular formula is C25H35FN2. The van der Waals surface area contributed by atoms with Crippen LogP contribution in [0, 0.1) is 17.7 Å². The van der Waals surface area contributed by atoms with Gasteiger partial charge in [-0.1, -0.05) is 71.3 Å². The number of hydrogen-bond acceptors (Lipinski definition) is 2. The molecule has 0 spiro atoms. The Morgan fingerprint density at radius 3 is 2.18 bits per heavy atom. The number of aromatic nitrogens is 2. The van der Waals surface area contributed by atoms with Crippen LogP contribution in [0.25, 0.3) is 11.4 Å². The first kappa shape index (κ1) is 21.0. The topological polar surface area (TPSA) is 25.8 Å². The Balaban J connectivity index is 1.48. The zero-order valence-electron chi connectivity index (χ0n) is 17.6. The molecule has 2 nitrogen and oxygen atoms in total. The normalized spacial score (nSPS) is 19.7. The maximum atomic E-state index is 14.6. The fourth-order valence-electron chi connectivity index (χ4n) is 4.43. The largest absolute Gasteiger partial charge is 0.236 e. The molecule has 0 saturated heterocycles. The van der Waals surface area contributed by atoms with Crippen molar-refractivity contribution in [2.24, 2.45) is 11.8 Å². The van der Waals surface area contributed by atoms with E-state index in [0.29, 0.717) is 11.4 Å². The molecule has 1 aliphatic carbocycles. The molecule has 1 heterocycles. The van der Waals surface area contributed by atoms with Crippen molar-refractivity contribution in [3.05, 3.63) is 47.5 Å². The van der Waals surface area contributed by atoms with Gasteiger partial charge in [0.25, 0.3) is 0 Å². The van der Waals surface area contributed by atoms with Gasteiger partial charge in [0.15, 0.2) is 5.82 Å². The van der Waals surface area contributed by atoms with E-state index in [-0.39, 0.29) is 5.82 Å². The molecule has 3 heteroatoms. The molecule has 1 aliphatic rings. The molecule has 2 aromatic rings. The van der Waals surface area contributed by atoms with E-state index in [4.69, 9.17) is 0 Å². The van der Waals surface area contributed by atoms with E-state index in [2.05, 4.69) is 23.8 Å². The van der Waals surface area contributed by atoms with Gasteiger partial charge in [-0.05, 0) is 54.4 Å². The van der Waals surface area contributed by atoms with Gasteiger partial charge in [-0.25, -0.2) is 14.4 Å². The van der Waals surface area contributed by atoms with Gasteiger partial charge in [0.2, 0.25) is 0 Å². The first-order chi connectivity index (χ1) is 13.7. The van der Waals surface area contributed by atoms with E-state index in [1.165, 1.54) is 57.8 Å². The summed E-state index contributed by atoms with van der Waals surface area (Å²) in [5.41, 5.74) is 2.66. The van der Waals surface area contributed by atoms with Gasteiger partial charge in [-0.3, -0.25) is 0 Å². The number of rotatable bonds is 9. The molecule has 3 rings (SSSR count). The maximum absolute atomic E-state index is 14.6. The van der Waals surface area contributed by atoms with Crippen LogP contribution in [0.15, 0.2) is 30.6 Å². The third-order valence-electron chi connectivity index (χ3n) is 6.41. The number of hydrogen-bond donors (Lipinski definition) is 0. The lowest BCUT2D eigenvalue weighted by atomic mass is 9.78. The second kappa shape index (κ2) is 10.7. The highest BCUT2D eigenvalue weighted by Gasteiger charge is 2.20. The number of halogens is 1. The summed E-state index contributed by atoms with van der Waals surface area (Å²) in [4.78, 5) is 8.62. The highest BCUT2D eigenvalue weighted by Crippen LogP contribution is 2.34. The lowest BCUT2D eigenvalue weighted by Gasteiger charge is -2.28. The third-order valence-corrected chi connectivity index (χ3v) is 6.41. The van der Waals surface area contributed by atoms with E-state index in [0.717, 1.165) is 35.8 Å². The summed E-state index contributed by atoms with van der Waals surface area (Å²) in [5.74, 6) is 2.04. The summed E-state index contributed by atoms with van der Waals surface area (Å²) in [7, 11) is 0. The smallest absolute Gasteiger partial charge is 0.162 e. The van der Waals surface area contributed by atoms with Gasteiger partial charge in [-0.2, -0.15) is 0 Å². The Hall–Kier alpha value is -1.77. The fourth-order valence-corrected chi connectivity index (χ4v) is 4.43. The second-order valence-electron chi connectivity index (χ2n) is 8.50. The molecule has 1 aromatic carbocycles. The van der Waals surface area contributed by atoms with Crippen LogP contribution in [-0.2, 0) is 12.8 Å². The van der Waals surface area contributed by atoms with Crippen molar-refractivity contribution in [1.82, 2.24) is 9.97 Å². The summed E-state index contributed by atoms with van der Waals surface area (Å²) in [6.45, 7) is 4.34. The van der Waals surface area contributed by atoms with E-state index in [9.17, 15) is 4.39 Å². The van der Waals surface area contributed by atoms with Crippen molar-refractivity contribution in [2.45, 2.75) is 84.5 Å². The first-order valence-electron chi connectivity index (χ1n) is 11.3. The fraction of sp³-hybridized carbons (Fsp3) is 0.600. The lowest BCUT2D eigenvalue weighted by Crippen LogP contribution is -2.15. The van der Waals surface area contributed by atoms with Crippen LogP contribution in [-0.4, -0.2) is 9.97 Å². The maximum Gasteiger partial charge on any atom is 0.162 e. The minimum Gasteiger partial charge on any atom is -0.236 e. The summed E-state index contributed by atoms with van der Waals surface area (Å²) < 4.78 is 14.6. The summed E-state index contributed by atoms with van der Waals surface area (Å²) in [6, 6.07) is 5.57. The van der Waals surface area contributed by atoms with Gasteiger partial charge < -0.3 is 0 Å². The zero-order chi connectivity index (χ0) is 19.8. The van der Waals surface area contributed by atoms with Crippen molar-refractivity contribution in [3.8, 4) is 11.4 Å².